The van der Waals surface area contributed by atoms with E-state index in [2.05, 4.69) is 52.5 Å². The highest BCUT2D eigenvalue weighted by molar-refractivity contribution is 6.33. The lowest BCUT2D eigenvalue weighted by molar-refractivity contribution is 0.0302. The van der Waals surface area contributed by atoms with Crippen molar-refractivity contribution in [2.75, 3.05) is 51.3 Å². The van der Waals surface area contributed by atoms with Crippen molar-refractivity contribution in [1.82, 2.24) is 14.8 Å². The number of carbonyl (C=O) groups is 1. The molecule has 1 atom stereocenters. The maximum absolute atomic E-state index is 12.7. The number of morpholine rings is 1. The van der Waals surface area contributed by atoms with E-state index in [1.165, 1.54) is 18.4 Å². The smallest absolute Gasteiger partial charge is 0.255 e. The number of piperidine rings is 1. The molecule has 1 amide bonds. The van der Waals surface area contributed by atoms with Gasteiger partial charge >= 0.3 is 0 Å². The molecule has 1 N–H and O–H groups in total. The summed E-state index contributed by atoms with van der Waals surface area (Å²) in [7, 11) is 0. The van der Waals surface area contributed by atoms with Crippen LogP contribution in [-0.2, 0) is 4.74 Å². The number of anilines is 1. The Kier molecular flexibility index (Phi) is 7.43. The Morgan fingerprint density at radius 1 is 1.19 bits per heavy atom. The molecular weight excluding hydrogens is 412 g/mol. The number of carbonyl (C=O) groups excluding carboxylic acids is 1. The Labute approximate surface area is 189 Å². The van der Waals surface area contributed by atoms with Crippen molar-refractivity contribution in [2.24, 2.45) is 5.92 Å². The van der Waals surface area contributed by atoms with Crippen molar-refractivity contribution >= 4 is 23.3 Å². The van der Waals surface area contributed by atoms with E-state index >= 15 is 0 Å². The summed E-state index contributed by atoms with van der Waals surface area (Å²) >= 11 is 6.51. The quantitative estimate of drug-likeness (QED) is 0.730. The van der Waals surface area contributed by atoms with Crippen molar-refractivity contribution in [3.8, 4) is 0 Å². The van der Waals surface area contributed by atoms with E-state index in [0.29, 0.717) is 49.3 Å². The topological polar surface area (TPSA) is 57.7 Å². The lowest BCUT2D eigenvalue weighted by atomic mass is 9.95. The average molecular weight is 443 g/mol. The van der Waals surface area contributed by atoms with Crippen LogP contribution in [0.3, 0.4) is 0 Å². The first kappa shape index (κ1) is 22.1. The second-order valence-electron chi connectivity index (χ2n) is 8.48. The van der Waals surface area contributed by atoms with Gasteiger partial charge in [0.2, 0.25) is 0 Å². The van der Waals surface area contributed by atoms with E-state index in [1.807, 2.05) is 0 Å². The fourth-order valence-electron chi connectivity index (χ4n) is 4.30. The number of aromatic nitrogens is 1. The number of hydrogen-bond acceptors (Lipinski definition) is 5. The third-order valence-corrected chi connectivity index (χ3v) is 6.58. The second kappa shape index (κ2) is 10.4. The van der Waals surface area contributed by atoms with Crippen LogP contribution in [0.5, 0.6) is 0 Å². The van der Waals surface area contributed by atoms with E-state index in [9.17, 15) is 4.79 Å². The molecule has 166 valence electrons. The summed E-state index contributed by atoms with van der Waals surface area (Å²) in [6, 6.07) is 12.6. The summed E-state index contributed by atoms with van der Waals surface area (Å²) in [4.78, 5) is 21.5. The molecule has 7 heteroatoms. The van der Waals surface area contributed by atoms with Crippen LogP contribution in [0.2, 0.25) is 5.02 Å². The minimum atomic E-state index is -0.0474. The average Bonchev–Trinajstić information content (AvgIpc) is 2.82. The molecule has 1 unspecified atom stereocenters. The number of nitrogens with one attached hydrogen (secondary N) is 1. The van der Waals surface area contributed by atoms with Gasteiger partial charge in [-0.2, -0.15) is 0 Å². The highest BCUT2D eigenvalue weighted by atomic mass is 35.5. The van der Waals surface area contributed by atoms with E-state index in [-0.39, 0.29) is 11.9 Å². The predicted molar refractivity (Wildman–Crippen MR) is 124 cm³/mol. The zero-order valence-corrected chi connectivity index (χ0v) is 18.9. The van der Waals surface area contributed by atoms with Crippen molar-refractivity contribution in [3.05, 3.63) is 58.7 Å². The molecule has 1 aromatic carbocycles. The molecule has 2 aromatic rings. The molecule has 4 rings (SSSR count). The third kappa shape index (κ3) is 5.56. The van der Waals surface area contributed by atoms with Gasteiger partial charge in [-0.05, 0) is 43.5 Å². The van der Waals surface area contributed by atoms with Crippen molar-refractivity contribution in [3.63, 3.8) is 0 Å². The Balaban J connectivity index is 1.44. The van der Waals surface area contributed by atoms with Gasteiger partial charge in [-0.15, -0.1) is 0 Å². The van der Waals surface area contributed by atoms with Crippen LogP contribution in [0.4, 0.5) is 5.82 Å². The van der Waals surface area contributed by atoms with Gasteiger partial charge < -0.3 is 15.0 Å². The van der Waals surface area contributed by atoms with Crippen LogP contribution in [0, 0.1) is 5.92 Å². The maximum atomic E-state index is 12.7. The lowest BCUT2D eigenvalue weighted by Crippen LogP contribution is -2.40. The van der Waals surface area contributed by atoms with E-state index in [1.54, 1.807) is 17.2 Å². The number of hydrogen-bond donors (Lipinski definition) is 1. The first-order valence-corrected chi connectivity index (χ1v) is 11.5. The predicted octanol–water partition coefficient (Wildman–Crippen LogP) is 4.09. The summed E-state index contributed by atoms with van der Waals surface area (Å²) in [5, 5.41) is 3.91. The lowest BCUT2D eigenvalue weighted by Gasteiger charge is -2.37. The molecule has 3 heterocycles. The molecule has 2 saturated heterocycles. The standard InChI is InChI=1S/C24H31ClN4O2/c1-18-7-9-28(10-8-18)22(19-5-3-2-4-6-19)17-27-23-21(25)15-20(16-26-23)24(30)29-11-13-31-14-12-29/h2-6,15-16,18,22H,7-14,17H2,1H3,(H,26,27). The number of likely N-dealkylation sites (tertiary alicyclic amines) is 1. The summed E-state index contributed by atoms with van der Waals surface area (Å²) < 4.78 is 5.33. The van der Waals surface area contributed by atoms with E-state index < -0.39 is 0 Å². The molecule has 2 aliphatic heterocycles. The third-order valence-electron chi connectivity index (χ3n) is 6.29. The summed E-state index contributed by atoms with van der Waals surface area (Å²) in [5.74, 6) is 1.36. The fraction of sp³-hybridized carbons (Fsp3) is 0.500. The van der Waals surface area contributed by atoms with Crippen molar-refractivity contribution in [1.29, 1.82) is 0 Å². The number of ether oxygens (including phenoxy) is 1. The monoisotopic (exact) mass is 442 g/mol. The molecule has 1 aromatic heterocycles. The largest absolute Gasteiger partial charge is 0.378 e. The van der Waals surface area contributed by atoms with Crippen LogP contribution in [0.15, 0.2) is 42.6 Å². The Morgan fingerprint density at radius 2 is 1.90 bits per heavy atom. The molecule has 2 fully saturated rings. The Morgan fingerprint density at radius 3 is 2.58 bits per heavy atom. The van der Waals surface area contributed by atoms with Gasteiger partial charge in [0.05, 0.1) is 29.8 Å². The van der Waals surface area contributed by atoms with Crippen molar-refractivity contribution < 1.29 is 9.53 Å². The molecule has 0 radical (unpaired) electrons. The zero-order valence-electron chi connectivity index (χ0n) is 18.1. The minimum Gasteiger partial charge on any atom is -0.378 e. The molecule has 0 aliphatic carbocycles. The second-order valence-corrected chi connectivity index (χ2v) is 8.89. The highest BCUT2D eigenvalue weighted by Gasteiger charge is 2.25. The van der Waals surface area contributed by atoms with E-state index in [0.717, 1.165) is 19.0 Å². The van der Waals surface area contributed by atoms with Crippen LogP contribution in [0.1, 0.15) is 41.7 Å². The summed E-state index contributed by atoms with van der Waals surface area (Å²) in [5.41, 5.74) is 1.81. The first-order chi connectivity index (χ1) is 15.1. The molecule has 6 nitrogen and oxygen atoms in total. The molecule has 0 bridgehead atoms. The van der Waals surface area contributed by atoms with Crippen LogP contribution < -0.4 is 5.32 Å². The number of amides is 1. The van der Waals surface area contributed by atoms with Gasteiger partial charge in [0.15, 0.2) is 0 Å². The van der Waals surface area contributed by atoms with Gasteiger partial charge in [-0.1, -0.05) is 48.9 Å². The van der Waals surface area contributed by atoms with Gasteiger partial charge in [0.25, 0.3) is 5.91 Å². The zero-order chi connectivity index (χ0) is 21.6. The molecule has 0 spiro atoms. The van der Waals surface area contributed by atoms with Gasteiger partial charge in [-0.25, -0.2) is 4.98 Å². The normalized spacial score (nSPS) is 19.2. The minimum absolute atomic E-state index is 0.0474. The number of pyridine rings is 1. The van der Waals surface area contributed by atoms with E-state index in [4.69, 9.17) is 16.3 Å². The number of benzene rings is 1. The number of halogens is 1. The molecule has 0 saturated carbocycles. The number of rotatable bonds is 6. The first-order valence-electron chi connectivity index (χ1n) is 11.2. The van der Waals surface area contributed by atoms with Crippen LogP contribution in [0.25, 0.3) is 0 Å². The van der Waals surface area contributed by atoms with Crippen LogP contribution >= 0.6 is 11.6 Å². The summed E-state index contributed by atoms with van der Waals surface area (Å²) in [6.45, 7) is 7.57. The number of nitrogens with zero attached hydrogens (tertiary/aromatic N) is 3. The maximum Gasteiger partial charge on any atom is 0.255 e. The van der Waals surface area contributed by atoms with Crippen LogP contribution in [-0.4, -0.2) is 66.6 Å². The Bertz CT molecular complexity index is 865. The highest BCUT2D eigenvalue weighted by Crippen LogP contribution is 2.28. The SMILES string of the molecule is CC1CCN(C(CNc2ncc(C(=O)N3CCOCC3)cc2Cl)c2ccccc2)CC1. The molecule has 31 heavy (non-hydrogen) atoms. The van der Waals surface area contributed by atoms with Gasteiger partial charge in [0.1, 0.15) is 5.82 Å². The molecule has 2 aliphatic rings. The van der Waals surface area contributed by atoms with Gasteiger partial charge in [0, 0.05) is 25.8 Å². The van der Waals surface area contributed by atoms with Crippen molar-refractivity contribution in [2.45, 2.75) is 25.8 Å². The Hall–Kier alpha value is -2.15. The van der Waals surface area contributed by atoms with Gasteiger partial charge in [-0.3, -0.25) is 9.69 Å². The molecular formula is C24H31ClN4O2. The summed E-state index contributed by atoms with van der Waals surface area (Å²) in [6.07, 6.45) is 4.06. The fourth-order valence-corrected chi connectivity index (χ4v) is 4.53.